The fourth-order valence-corrected chi connectivity index (χ4v) is 3.79. The van der Waals surface area contributed by atoms with Crippen LogP contribution in [0.2, 0.25) is 0 Å². The Morgan fingerprint density at radius 1 is 1.28 bits per heavy atom. The highest BCUT2D eigenvalue weighted by Crippen LogP contribution is 2.38. The van der Waals surface area contributed by atoms with Gasteiger partial charge in [0.15, 0.2) is 0 Å². The lowest BCUT2D eigenvalue weighted by Crippen LogP contribution is -2.52. The smallest absolute Gasteiger partial charge is 0.307 e. The van der Waals surface area contributed by atoms with Gasteiger partial charge >= 0.3 is 5.97 Å². The van der Waals surface area contributed by atoms with Crippen LogP contribution < -0.4 is 0 Å². The molecule has 0 spiro atoms. The lowest BCUT2D eigenvalue weighted by Gasteiger charge is -2.37. The lowest BCUT2D eigenvalue weighted by atomic mass is 9.73. The first kappa shape index (κ1) is 17.6. The van der Waals surface area contributed by atoms with Crippen molar-refractivity contribution in [3.63, 3.8) is 0 Å². The van der Waals surface area contributed by atoms with E-state index in [9.17, 15) is 18.8 Å². The molecule has 1 atom stereocenters. The third-order valence-corrected chi connectivity index (χ3v) is 5.24. The first-order chi connectivity index (χ1) is 11.8. The Kier molecular flexibility index (Phi) is 4.62. The first-order valence-corrected chi connectivity index (χ1v) is 8.65. The van der Waals surface area contributed by atoms with Crippen molar-refractivity contribution in [2.75, 3.05) is 7.05 Å². The molecule has 2 aliphatic rings. The van der Waals surface area contributed by atoms with Crippen LogP contribution >= 0.6 is 0 Å². The molecule has 1 saturated carbocycles. The number of fused-ring (bicyclic) bond motifs is 1. The van der Waals surface area contributed by atoms with Crippen LogP contribution in [0, 0.1) is 5.82 Å². The van der Waals surface area contributed by atoms with E-state index in [2.05, 4.69) is 0 Å². The molecule has 1 aliphatic heterocycles. The number of nitrogens with zero attached hydrogens (tertiary/aromatic N) is 1. The van der Waals surface area contributed by atoms with E-state index in [1.807, 2.05) is 0 Å². The van der Waals surface area contributed by atoms with Gasteiger partial charge in [-0.2, -0.15) is 0 Å². The third kappa shape index (κ3) is 3.17. The van der Waals surface area contributed by atoms with Crippen LogP contribution in [0.5, 0.6) is 0 Å². The van der Waals surface area contributed by atoms with Gasteiger partial charge in [-0.05, 0) is 56.4 Å². The average Bonchev–Trinajstić information content (AvgIpc) is 2.59. The summed E-state index contributed by atoms with van der Waals surface area (Å²) in [6.45, 7) is 1.57. The normalized spacial score (nSPS) is 24.2. The highest BCUT2D eigenvalue weighted by molar-refractivity contribution is 6.13. The molecule has 1 aliphatic carbocycles. The van der Waals surface area contributed by atoms with Crippen LogP contribution in [0.4, 0.5) is 4.39 Å². The Balaban J connectivity index is 1.88. The number of carbonyl (C=O) groups excluding carboxylic acids is 3. The van der Waals surface area contributed by atoms with Gasteiger partial charge in [0.1, 0.15) is 11.9 Å². The Labute approximate surface area is 146 Å². The number of halogens is 1. The zero-order valence-electron chi connectivity index (χ0n) is 14.5. The second-order valence-corrected chi connectivity index (χ2v) is 7.12. The minimum Gasteiger partial charge on any atom is -0.462 e. The summed E-state index contributed by atoms with van der Waals surface area (Å²) in [7, 11) is 1.38. The summed E-state index contributed by atoms with van der Waals surface area (Å²) >= 11 is 0. The van der Waals surface area contributed by atoms with Crippen LogP contribution in [0.3, 0.4) is 0 Å². The predicted octanol–water partition coefficient (Wildman–Crippen LogP) is 2.96. The molecule has 1 fully saturated rings. The number of imide groups is 1. The molecule has 25 heavy (non-hydrogen) atoms. The van der Waals surface area contributed by atoms with Gasteiger partial charge in [-0.25, -0.2) is 4.39 Å². The van der Waals surface area contributed by atoms with Crippen LogP contribution in [0.1, 0.15) is 61.4 Å². The summed E-state index contributed by atoms with van der Waals surface area (Å²) in [5, 5.41) is 0. The zero-order valence-corrected chi connectivity index (χ0v) is 14.5. The molecule has 1 heterocycles. The Morgan fingerprint density at radius 3 is 2.64 bits per heavy atom. The molecule has 6 heteroatoms. The summed E-state index contributed by atoms with van der Waals surface area (Å²) in [4.78, 5) is 38.5. The molecule has 1 unspecified atom stereocenters. The number of carbonyl (C=O) groups is 3. The van der Waals surface area contributed by atoms with E-state index >= 15 is 0 Å². The number of hydrogen-bond acceptors (Lipinski definition) is 4. The Bertz CT molecular complexity index is 726. The van der Waals surface area contributed by atoms with Gasteiger partial charge in [-0.3, -0.25) is 19.3 Å². The van der Waals surface area contributed by atoms with Gasteiger partial charge in [-0.1, -0.05) is 6.42 Å². The molecule has 0 bridgehead atoms. The van der Waals surface area contributed by atoms with Gasteiger partial charge in [-0.15, -0.1) is 0 Å². The van der Waals surface area contributed by atoms with E-state index in [4.69, 9.17) is 4.74 Å². The fraction of sp³-hybridized carbons (Fsp3) is 0.526. The zero-order chi connectivity index (χ0) is 18.2. The number of hydrogen-bond donors (Lipinski definition) is 0. The van der Waals surface area contributed by atoms with Crippen LogP contribution in [0.15, 0.2) is 18.2 Å². The number of likely N-dealkylation sites (N-methyl/N-ethyl adjacent to an activating group) is 1. The van der Waals surface area contributed by atoms with Crippen LogP contribution in [-0.4, -0.2) is 35.8 Å². The fourth-order valence-electron chi connectivity index (χ4n) is 3.79. The second-order valence-electron chi connectivity index (χ2n) is 7.12. The quantitative estimate of drug-likeness (QED) is 0.623. The van der Waals surface area contributed by atoms with Gasteiger partial charge < -0.3 is 4.74 Å². The summed E-state index contributed by atoms with van der Waals surface area (Å²) in [6.07, 6.45) is 4.54. The van der Waals surface area contributed by atoms with Crippen molar-refractivity contribution in [1.29, 1.82) is 0 Å². The summed E-state index contributed by atoms with van der Waals surface area (Å²) < 4.78 is 19.3. The van der Waals surface area contributed by atoms with Gasteiger partial charge in [0.25, 0.3) is 5.91 Å². The van der Waals surface area contributed by atoms with E-state index < -0.39 is 29.0 Å². The molecule has 3 rings (SSSR count). The van der Waals surface area contributed by atoms with E-state index in [1.54, 1.807) is 6.92 Å². The number of benzene rings is 1. The molecule has 0 N–H and O–H groups in total. The molecule has 5 nitrogen and oxygen atoms in total. The summed E-state index contributed by atoms with van der Waals surface area (Å²) in [5.74, 6) is -2.04. The standard InChI is InChI=1S/C19H22FNO4/c1-19(11-16(22)25-13-6-4-3-5-7-13)15-10-12(20)8-9-14(15)17(23)21(2)18(19)24/h8-10,13H,3-7,11H2,1-2H3. The van der Waals surface area contributed by atoms with Crippen molar-refractivity contribution >= 4 is 17.8 Å². The molecule has 0 aromatic heterocycles. The van der Waals surface area contributed by atoms with Crippen molar-refractivity contribution in [2.45, 2.75) is 57.0 Å². The monoisotopic (exact) mass is 347 g/mol. The summed E-state index contributed by atoms with van der Waals surface area (Å²) in [5.41, 5.74) is -0.816. The van der Waals surface area contributed by atoms with Crippen molar-refractivity contribution < 1.29 is 23.5 Å². The number of rotatable bonds is 3. The molecule has 1 aromatic carbocycles. The Hall–Kier alpha value is -2.24. The maximum Gasteiger partial charge on any atom is 0.307 e. The van der Waals surface area contributed by atoms with Gasteiger partial charge in [0.2, 0.25) is 5.91 Å². The Morgan fingerprint density at radius 2 is 1.96 bits per heavy atom. The molecule has 0 saturated heterocycles. The number of ether oxygens (including phenoxy) is 1. The van der Waals surface area contributed by atoms with Gasteiger partial charge in [0, 0.05) is 12.6 Å². The first-order valence-electron chi connectivity index (χ1n) is 8.65. The molecule has 2 amide bonds. The minimum atomic E-state index is -1.31. The van der Waals surface area contributed by atoms with Crippen LogP contribution in [0.25, 0.3) is 0 Å². The van der Waals surface area contributed by atoms with E-state index in [-0.39, 0.29) is 23.7 Å². The molecular weight excluding hydrogens is 325 g/mol. The lowest BCUT2D eigenvalue weighted by molar-refractivity contribution is -0.155. The topological polar surface area (TPSA) is 63.7 Å². The highest BCUT2D eigenvalue weighted by atomic mass is 19.1. The van der Waals surface area contributed by atoms with Gasteiger partial charge in [0.05, 0.1) is 11.8 Å². The average molecular weight is 347 g/mol. The molecule has 0 radical (unpaired) electrons. The number of amides is 2. The molecule has 134 valence electrons. The van der Waals surface area contributed by atoms with E-state index in [0.29, 0.717) is 0 Å². The predicted molar refractivity (Wildman–Crippen MR) is 88.4 cm³/mol. The minimum absolute atomic E-state index is 0.116. The largest absolute Gasteiger partial charge is 0.462 e. The second kappa shape index (κ2) is 6.58. The SMILES string of the molecule is CN1C(=O)c2ccc(F)cc2C(C)(CC(=O)OC2CCCCC2)C1=O. The van der Waals surface area contributed by atoms with E-state index in [0.717, 1.165) is 37.0 Å². The van der Waals surface area contributed by atoms with Crippen molar-refractivity contribution in [1.82, 2.24) is 4.90 Å². The summed E-state index contributed by atoms with van der Waals surface area (Å²) in [6, 6.07) is 3.72. The molecular formula is C19H22FNO4. The highest BCUT2D eigenvalue weighted by Gasteiger charge is 2.48. The third-order valence-electron chi connectivity index (χ3n) is 5.24. The maximum atomic E-state index is 13.7. The maximum absolute atomic E-state index is 13.7. The number of esters is 1. The van der Waals surface area contributed by atoms with E-state index in [1.165, 1.54) is 25.2 Å². The van der Waals surface area contributed by atoms with Crippen molar-refractivity contribution in [3.8, 4) is 0 Å². The van der Waals surface area contributed by atoms with Crippen LogP contribution in [-0.2, 0) is 19.7 Å². The van der Waals surface area contributed by atoms with Crippen molar-refractivity contribution in [2.24, 2.45) is 0 Å². The molecule has 1 aromatic rings. The van der Waals surface area contributed by atoms with Crippen molar-refractivity contribution in [3.05, 3.63) is 35.1 Å².